The van der Waals surface area contributed by atoms with Crippen LogP contribution >= 0.6 is 0 Å². The van der Waals surface area contributed by atoms with Crippen LogP contribution in [0.25, 0.3) is 22.0 Å². The maximum absolute atomic E-state index is 14.4. The molecule has 0 bridgehead atoms. The molecule has 0 saturated heterocycles. The third-order valence-electron chi connectivity index (χ3n) is 4.13. The first-order valence-electron chi connectivity index (χ1n) is 7.76. The molecule has 2 aromatic carbocycles. The summed E-state index contributed by atoms with van der Waals surface area (Å²) in [5.41, 5.74) is 9.46. The van der Waals surface area contributed by atoms with Gasteiger partial charge in [0.15, 0.2) is 0 Å². The molecular formula is C17H15BFN3O4. The van der Waals surface area contributed by atoms with Gasteiger partial charge in [0.2, 0.25) is 0 Å². The van der Waals surface area contributed by atoms with Crippen molar-refractivity contribution in [2.24, 2.45) is 0 Å². The van der Waals surface area contributed by atoms with Gasteiger partial charge in [-0.25, -0.2) is 4.39 Å². The third-order valence-corrected chi connectivity index (χ3v) is 4.13. The van der Waals surface area contributed by atoms with Gasteiger partial charge in [-0.3, -0.25) is 4.79 Å². The summed E-state index contributed by atoms with van der Waals surface area (Å²) < 4.78 is 19.5. The third kappa shape index (κ3) is 3.35. The quantitative estimate of drug-likeness (QED) is 0.440. The summed E-state index contributed by atoms with van der Waals surface area (Å²) in [5.74, 6) is -0.335. The number of fused-ring (bicyclic) bond motifs is 2. The lowest BCUT2D eigenvalue weighted by Gasteiger charge is -2.20. The smallest absolute Gasteiger partial charge is 0.483 e. The van der Waals surface area contributed by atoms with E-state index in [1.165, 1.54) is 12.3 Å². The van der Waals surface area contributed by atoms with Crippen molar-refractivity contribution >= 4 is 35.6 Å². The number of halogens is 1. The highest BCUT2D eigenvalue weighted by atomic mass is 19.1. The van der Waals surface area contributed by atoms with E-state index in [2.05, 4.69) is 10.2 Å². The number of rotatable bonds is 1. The molecule has 0 saturated carbocycles. The normalized spacial score (nSPS) is 12.9. The minimum Gasteiger partial charge on any atom is -0.483 e. The lowest BCUT2D eigenvalue weighted by Crippen LogP contribution is -2.42. The Labute approximate surface area is 148 Å². The molecule has 0 amide bonds. The zero-order valence-electron chi connectivity index (χ0n) is 13.6. The van der Waals surface area contributed by atoms with Crippen LogP contribution in [0.3, 0.4) is 0 Å². The number of nitrogen functional groups attached to an aromatic ring is 1. The van der Waals surface area contributed by atoms with Crippen molar-refractivity contribution in [2.45, 2.75) is 6.42 Å². The van der Waals surface area contributed by atoms with Gasteiger partial charge in [0.25, 0.3) is 6.47 Å². The number of aromatic nitrogens is 2. The van der Waals surface area contributed by atoms with Crippen LogP contribution in [0.5, 0.6) is 0 Å². The molecule has 0 spiro atoms. The van der Waals surface area contributed by atoms with E-state index < -0.39 is 7.12 Å². The molecule has 1 aromatic heterocycles. The molecule has 4 N–H and O–H groups in total. The molecule has 3 aromatic rings. The van der Waals surface area contributed by atoms with Crippen molar-refractivity contribution in [2.75, 3.05) is 12.3 Å². The molecule has 1 aliphatic heterocycles. The average molecular weight is 355 g/mol. The maximum atomic E-state index is 14.4. The van der Waals surface area contributed by atoms with Gasteiger partial charge in [0.05, 0.1) is 17.4 Å². The molecule has 0 radical (unpaired) electrons. The Bertz CT molecular complexity index is 970. The van der Waals surface area contributed by atoms with Gasteiger partial charge < -0.3 is 20.5 Å². The minimum absolute atomic E-state index is 0.250. The highest BCUT2D eigenvalue weighted by Crippen LogP contribution is 2.27. The van der Waals surface area contributed by atoms with Crippen LogP contribution in [0.4, 0.5) is 10.1 Å². The highest BCUT2D eigenvalue weighted by molar-refractivity contribution is 6.61. The standard InChI is InChI=1S/C16H13BFN3O2.CH2O2/c18-14-6-10(5-13-11(14)3-4-23-17(13)22)9-1-2-12-15(19)8-20-21-16(12)7-9;2-1-3/h1-2,5-8,22H,3-4H2,(H2,19,21);1H,(H,2,3). The Morgan fingerprint density at radius 2 is 2.04 bits per heavy atom. The van der Waals surface area contributed by atoms with E-state index in [0.29, 0.717) is 40.8 Å². The summed E-state index contributed by atoms with van der Waals surface area (Å²) in [6.45, 7) is 0.0648. The first-order valence-corrected chi connectivity index (χ1v) is 7.76. The van der Waals surface area contributed by atoms with E-state index in [-0.39, 0.29) is 12.3 Å². The topological polar surface area (TPSA) is 119 Å². The van der Waals surface area contributed by atoms with Gasteiger partial charge in [0, 0.05) is 12.0 Å². The number of benzene rings is 2. The molecular weight excluding hydrogens is 340 g/mol. The number of nitrogens with zero attached hydrogens (tertiary/aromatic N) is 2. The number of carboxylic acid groups (broad SMARTS) is 1. The van der Waals surface area contributed by atoms with Crippen molar-refractivity contribution in [3.8, 4) is 11.1 Å². The Balaban J connectivity index is 0.000000613. The molecule has 1 aliphatic rings. The van der Waals surface area contributed by atoms with Gasteiger partial charge in [-0.05, 0) is 46.8 Å². The van der Waals surface area contributed by atoms with Crippen LogP contribution in [-0.4, -0.2) is 40.5 Å². The second-order valence-corrected chi connectivity index (χ2v) is 5.64. The molecule has 0 fully saturated rings. The fourth-order valence-electron chi connectivity index (χ4n) is 2.93. The molecule has 9 heteroatoms. The molecule has 0 atom stereocenters. The zero-order valence-corrected chi connectivity index (χ0v) is 13.6. The fourth-order valence-corrected chi connectivity index (χ4v) is 2.93. The molecule has 2 heterocycles. The predicted octanol–water partition coefficient (Wildman–Crippen LogP) is 0.979. The van der Waals surface area contributed by atoms with Gasteiger partial charge in [-0.15, -0.1) is 0 Å². The molecule has 0 unspecified atom stereocenters. The SMILES string of the molecule is Nc1cnnc2cc(-c3cc(F)c4c(c3)B(O)OCC4)ccc12.O=CO. The fraction of sp³-hybridized carbons (Fsp3) is 0.118. The molecule has 0 aliphatic carbocycles. The minimum atomic E-state index is -1.09. The van der Waals surface area contributed by atoms with Crippen LogP contribution in [0, 0.1) is 5.82 Å². The second kappa shape index (κ2) is 7.46. The van der Waals surface area contributed by atoms with Gasteiger partial charge in [-0.1, -0.05) is 12.1 Å². The lowest BCUT2D eigenvalue weighted by atomic mass is 9.72. The van der Waals surface area contributed by atoms with E-state index in [1.807, 2.05) is 12.1 Å². The monoisotopic (exact) mass is 355 g/mol. The van der Waals surface area contributed by atoms with Crippen LogP contribution in [-0.2, 0) is 15.9 Å². The van der Waals surface area contributed by atoms with Crippen LogP contribution in [0.1, 0.15) is 5.56 Å². The van der Waals surface area contributed by atoms with Gasteiger partial charge >= 0.3 is 7.12 Å². The maximum Gasteiger partial charge on any atom is 0.491 e. The highest BCUT2D eigenvalue weighted by Gasteiger charge is 2.27. The van der Waals surface area contributed by atoms with Crippen LogP contribution < -0.4 is 11.2 Å². The molecule has 7 nitrogen and oxygen atoms in total. The van der Waals surface area contributed by atoms with Crippen LogP contribution in [0.2, 0.25) is 0 Å². The number of hydrogen-bond acceptors (Lipinski definition) is 6. The zero-order chi connectivity index (χ0) is 18.7. The molecule has 132 valence electrons. The van der Waals surface area contributed by atoms with Crippen molar-refractivity contribution in [3.63, 3.8) is 0 Å². The first kappa shape index (κ1) is 17.8. The molecule has 4 rings (SSSR count). The summed E-state index contributed by atoms with van der Waals surface area (Å²) >= 11 is 0. The largest absolute Gasteiger partial charge is 0.491 e. The number of carbonyl (C=O) groups is 1. The van der Waals surface area contributed by atoms with Crippen molar-refractivity contribution < 1.29 is 24.0 Å². The van der Waals surface area contributed by atoms with E-state index in [9.17, 15) is 9.41 Å². The van der Waals surface area contributed by atoms with E-state index in [4.69, 9.17) is 20.3 Å². The first-order chi connectivity index (χ1) is 12.5. The summed E-state index contributed by atoms with van der Waals surface area (Å²) in [6.07, 6.45) is 1.95. The van der Waals surface area contributed by atoms with E-state index >= 15 is 0 Å². The summed E-state index contributed by atoms with van der Waals surface area (Å²) in [4.78, 5) is 8.36. The summed E-state index contributed by atoms with van der Waals surface area (Å²) in [6, 6.07) is 8.70. The van der Waals surface area contributed by atoms with Gasteiger partial charge in [-0.2, -0.15) is 10.2 Å². The van der Waals surface area contributed by atoms with E-state index in [0.717, 1.165) is 10.9 Å². The van der Waals surface area contributed by atoms with Crippen molar-refractivity contribution in [1.29, 1.82) is 0 Å². The summed E-state index contributed by atoms with van der Waals surface area (Å²) in [7, 11) is -1.09. The Morgan fingerprint density at radius 3 is 2.81 bits per heavy atom. The lowest BCUT2D eigenvalue weighted by molar-refractivity contribution is -0.122. The Kier molecular flexibility index (Phi) is 5.10. The van der Waals surface area contributed by atoms with Crippen molar-refractivity contribution in [1.82, 2.24) is 10.2 Å². The second-order valence-electron chi connectivity index (χ2n) is 5.64. The van der Waals surface area contributed by atoms with Crippen molar-refractivity contribution in [3.05, 3.63) is 47.9 Å². The Morgan fingerprint density at radius 1 is 1.27 bits per heavy atom. The molecule has 26 heavy (non-hydrogen) atoms. The van der Waals surface area contributed by atoms with Gasteiger partial charge in [0.1, 0.15) is 5.82 Å². The summed E-state index contributed by atoms with van der Waals surface area (Å²) in [5, 5.41) is 25.5. The Hall–Kier alpha value is -3.04. The number of nitrogens with two attached hydrogens (primary N) is 1. The average Bonchev–Trinajstić information content (AvgIpc) is 2.63. The van der Waals surface area contributed by atoms with E-state index in [1.54, 1.807) is 12.1 Å². The number of hydrogen-bond donors (Lipinski definition) is 3. The number of anilines is 1. The predicted molar refractivity (Wildman–Crippen MR) is 95.3 cm³/mol. The van der Waals surface area contributed by atoms with Crippen LogP contribution in [0.15, 0.2) is 36.5 Å².